The summed E-state index contributed by atoms with van der Waals surface area (Å²) in [6.07, 6.45) is -0.874. The van der Waals surface area contributed by atoms with Crippen molar-refractivity contribution in [3.8, 4) is 11.1 Å². The van der Waals surface area contributed by atoms with Gasteiger partial charge in [-0.25, -0.2) is 4.79 Å². The highest BCUT2D eigenvalue weighted by molar-refractivity contribution is 5.92. The third-order valence-electron chi connectivity index (χ3n) is 4.59. The molecule has 0 N–H and O–H groups in total. The van der Waals surface area contributed by atoms with Crippen molar-refractivity contribution in [2.75, 3.05) is 13.1 Å². The zero-order valence-corrected chi connectivity index (χ0v) is 15.9. The maximum Gasteiger partial charge on any atom is 0.338 e. The van der Waals surface area contributed by atoms with Crippen molar-refractivity contribution in [1.82, 2.24) is 4.90 Å². The van der Waals surface area contributed by atoms with E-state index in [0.717, 1.165) is 11.1 Å². The number of nitrogens with zero attached hydrogens (tertiary/aromatic N) is 1. The molecule has 3 rings (SSSR count). The number of rotatable bonds is 4. The van der Waals surface area contributed by atoms with Crippen LogP contribution in [0.5, 0.6) is 0 Å². The Kier molecular flexibility index (Phi) is 5.91. The van der Waals surface area contributed by atoms with Gasteiger partial charge in [0, 0.05) is 13.1 Å². The van der Waals surface area contributed by atoms with Crippen LogP contribution < -0.4 is 0 Å². The fourth-order valence-corrected chi connectivity index (χ4v) is 3.32. The zero-order valence-electron chi connectivity index (χ0n) is 15.9. The Morgan fingerprint density at radius 3 is 2.11 bits per heavy atom. The van der Waals surface area contributed by atoms with Crippen molar-refractivity contribution in [1.29, 1.82) is 0 Å². The number of carbonyl (C=O) groups is 2. The first-order valence-corrected chi connectivity index (χ1v) is 9.24. The molecule has 27 heavy (non-hydrogen) atoms. The van der Waals surface area contributed by atoms with Crippen LogP contribution in [0, 0.1) is 0 Å². The molecule has 0 spiro atoms. The number of morpholine rings is 1. The van der Waals surface area contributed by atoms with Crippen LogP contribution in [0.25, 0.3) is 11.1 Å². The number of ether oxygens (including phenoxy) is 2. The molecule has 0 saturated carbocycles. The molecule has 142 valence electrons. The van der Waals surface area contributed by atoms with Gasteiger partial charge in [0.2, 0.25) is 0 Å². The lowest BCUT2D eigenvalue weighted by Crippen LogP contribution is -2.51. The zero-order chi connectivity index (χ0) is 19.4. The molecule has 1 amide bonds. The van der Waals surface area contributed by atoms with Crippen molar-refractivity contribution in [3.05, 3.63) is 60.2 Å². The summed E-state index contributed by atoms with van der Waals surface area (Å²) >= 11 is 0. The molecule has 2 aromatic rings. The van der Waals surface area contributed by atoms with Crippen molar-refractivity contribution in [2.24, 2.45) is 0 Å². The molecule has 1 heterocycles. The minimum absolute atomic E-state index is 0.0221. The van der Waals surface area contributed by atoms with E-state index in [1.54, 1.807) is 24.0 Å². The van der Waals surface area contributed by atoms with Crippen LogP contribution in [0.3, 0.4) is 0 Å². The van der Waals surface area contributed by atoms with Crippen molar-refractivity contribution in [2.45, 2.75) is 39.1 Å². The maximum absolute atomic E-state index is 12.6. The molecular weight excluding hydrogens is 342 g/mol. The Hall–Kier alpha value is -2.66. The number of carbonyl (C=O) groups excluding carboxylic acids is 2. The predicted octanol–water partition coefficient (Wildman–Crippen LogP) is 3.53. The van der Waals surface area contributed by atoms with Gasteiger partial charge in [0.15, 0.2) is 6.10 Å². The molecular formula is C22H25NO4. The van der Waals surface area contributed by atoms with E-state index < -0.39 is 12.1 Å². The first-order valence-electron chi connectivity index (χ1n) is 9.24. The average Bonchev–Trinajstić information content (AvgIpc) is 2.67. The second-order valence-electron chi connectivity index (χ2n) is 6.99. The molecule has 2 aromatic carbocycles. The normalized spacial score (nSPS) is 20.8. The van der Waals surface area contributed by atoms with E-state index in [-0.39, 0.29) is 18.1 Å². The molecule has 5 nitrogen and oxygen atoms in total. The van der Waals surface area contributed by atoms with E-state index in [9.17, 15) is 9.59 Å². The smallest absolute Gasteiger partial charge is 0.338 e. The van der Waals surface area contributed by atoms with Gasteiger partial charge in [0.1, 0.15) is 0 Å². The maximum atomic E-state index is 12.6. The Labute approximate surface area is 159 Å². The number of hydrogen-bond acceptors (Lipinski definition) is 4. The topological polar surface area (TPSA) is 55.8 Å². The number of esters is 1. The van der Waals surface area contributed by atoms with Crippen LogP contribution in [0.2, 0.25) is 0 Å². The van der Waals surface area contributed by atoms with E-state index in [4.69, 9.17) is 9.47 Å². The largest absolute Gasteiger partial charge is 0.449 e. The second kappa shape index (κ2) is 8.35. The Morgan fingerprint density at radius 2 is 1.52 bits per heavy atom. The summed E-state index contributed by atoms with van der Waals surface area (Å²) in [5.74, 6) is -0.684. The van der Waals surface area contributed by atoms with Gasteiger partial charge < -0.3 is 14.4 Å². The molecule has 0 aliphatic carbocycles. The third-order valence-corrected chi connectivity index (χ3v) is 4.59. The minimum Gasteiger partial charge on any atom is -0.449 e. The van der Waals surface area contributed by atoms with Crippen LogP contribution >= 0.6 is 0 Å². The summed E-state index contributed by atoms with van der Waals surface area (Å²) in [5.41, 5.74) is 2.53. The predicted molar refractivity (Wildman–Crippen MR) is 103 cm³/mol. The minimum atomic E-state index is -0.830. The molecule has 1 aliphatic heterocycles. The number of amides is 1. The molecule has 1 aliphatic rings. The summed E-state index contributed by atoms with van der Waals surface area (Å²) in [7, 11) is 0. The van der Waals surface area contributed by atoms with Crippen LogP contribution in [0.1, 0.15) is 31.1 Å². The van der Waals surface area contributed by atoms with E-state index in [1.807, 2.05) is 56.3 Å². The summed E-state index contributed by atoms with van der Waals surface area (Å²) in [5, 5.41) is 0. The van der Waals surface area contributed by atoms with Gasteiger partial charge in [-0.3, -0.25) is 4.79 Å². The average molecular weight is 367 g/mol. The first-order chi connectivity index (χ1) is 12.9. The van der Waals surface area contributed by atoms with Crippen molar-refractivity contribution < 1.29 is 19.1 Å². The Balaban J connectivity index is 1.62. The molecule has 1 fully saturated rings. The fraction of sp³-hybridized carbons (Fsp3) is 0.364. The molecule has 5 heteroatoms. The van der Waals surface area contributed by atoms with Gasteiger partial charge in [-0.05, 0) is 44.0 Å². The monoisotopic (exact) mass is 367 g/mol. The molecule has 3 atom stereocenters. The third kappa shape index (κ3) is 4.74. The van der Waals surface area contributed by atoms with E-state index in [0.29, 0.717) is 18.7 Å². The standard InChI is InChI=1S/C22H25NO4/c1-15-13-23(14-16(2)26-15)21(24)17(3)27-22(25)20-11-9-19(10-12-20)18-7-5-4-6-8-18/h4-12,15-17H,13-14H2,1-3H3/t15-,16+,17-/m1/s1. The summed E-state index contributed by atoms with van der Waals surface area (Å²) in [6, 6.07) is 17.1. The highest BCUT2D eigenvalue weighted by Crippen LogP contribution is 2.20. The van der Waals surface area contributed by atoms with E-state index >= 15 is 0 Å². The van der Waals surface area contributed by atoms with Gasteiger partial charge in [0.05, 0.1) is 17.8 Å². The van der Waals surface area contributed by atoms with Crippen LogP contribution in [0.4, 0.5) is 0 Å². The molecule has 0 aromatic heterocycles. The summed E-state index contributed by atoms with van der Waals surface area (Å²) in [4.78, 5) is 26.7. The lowest BCUT2D eigenvalue weighted by Gasteiger charge is -2.36. The molecule has 1 saturated heterocycles. The summed E-state index contributed by atoms with van der Waals surface area (Å²) < 4.78 is 11.0. The number of hydrogen-bond donors (Lipinski definition) is 0. The van der Waals surface area contributed by atoms with E-state index in [1.165, 1.54) is 0 Å². The molecule has 0 bridgehead atoms. The lowest BCUT2D eigenvalue weighted by atomic mass is 10.0. The Morgan fingerprint density at radius 1 is 0.963 bits per heavy atom. The van der Waals surface area contributed by atoms with Gasteiger partial charge in [-0.1, -0.05) is 42.5 Å². The highest BCUT2D eigenvalue weighted by Gasteiger charge is 2.30. The lowest BCUT2D eigenvalue weighted by molar-refractivity contribution is -0.151. The van der Waals surface area contributed by atoms with Gasteiger partial charge in [-0.15, -0.1) is 0 Å². The van der Waals surface area contributed by atoms with Crippen LogP contribution in [-0.4, -0.2) is 48.2 Å². The van der Waals surface area contributed by atoms with Crippen molar-refractivity contribution >= 4 is 11.9 Å². The molecule has 0 unspecified atom stereocenters. The Bertz CT molecular complexity index is 778. The summed E-state index contributed by atoms with van der Waals surface area (Å²) in [6.45, 7) is 6.50. The highest BCUT2D eigenvalue weighted by atomic mass is 16.5. The quantitative estimate of drug-likeness (QED) is 0.776. The SMILES string of the molecule is C[C@@H]1CN(C(=O)[C@@H](C)OC(=O)c2ccc(-c3ccccc3)cc2)C[C@H](C)O1. The molecule has 0 radical (unpaired) electrons. The fourth-order valence-electron chi connectivity index (χ4n) is 3.32. The van der Waals surface area contributed by atoms with Crippen LogP contribution in [0.15, 0.2) is 54.6 Å². The van der Waals surface area contributed by atoms with Gasteiger partial charge in [-0.2, -0.15) is 0 Å². The van der Waals surface area contributed by atoms with E-state index in [2.05, 4.69) is 0 Å². The van der Waals surface area contributed by atoms with Crippen molar-refractivity contribution in [3.63, 3.8) is 0 Å². The number of benzene rings is 2. The first kappa shape index (κ1) is 19.1. The van der Waals surface area contributed by atoms with Crippen LogP contribution in [-0.2, 0) is 14.3 Å². The van der Waals surface area contributed by atoms with Gasteiger partial charge >= 0.3 is 5.97 Å². The second-order valence-corrected chi connectivity index (χ2v) is 6.99. The van der Waals surface area contributed by atoms with Gasteiger partial charge in [0.25, 0.3) is 5.91 Å².